The van der Waals surface area contributed by atoms with Gasteiger partial charge < -0.3 is 9.47 Å². The fourth-order valence-electron chi connectivity index (χ4n) is 0.557. The fraction of sp³-hybridized carbons (Fsp3) is 0.455. The quantitative estimate of drug-likeness (QED) is 0.565. The van der Waals surface area contributed by atoms with E-state index in [9.17, 15) is 0 Å². The third-order valence-corrected chi connectivity index (χ3v) is 0.993. The lowest BCUT2D eigenvalue weighted by atomic mass is 10.2. The molecule has 0 N–H and O–H groups in total. The zero-order chi connectivity index (χ0) is 10.5. The summed E-state index contributed by atoms with van der Waals surface area (Å²) in [5, 5.41) is 0. The Morgan fingerprint density at radius 2 is 1.00 bits per heavy atom. The van der Waals surface area contributed by atoms with E-state index in [1.54, 1.807) is 0 Å². The van der Waals surface area contributed by atoms with E-state index >= 15 is 0 Å². The molecule has 0 bridgehead atoms. The highest BCUT2D eigenvalue weighted by molar-refractivity contribution is 4.89. The van der Waals surface area contributed by atoms with E-state index in [0.717, 1.165) is 0 Å². The Morgan fingerprint density at radius 3 is 1.23 bits per heavy atom. The molecule has 0 aliphatic heterocycles. The smallest absolute Gasteiger partial charge is 0.0789 e. The van der Waals surface area contributed by atoms with Crippen LogP contribution in [0.15, 0.2) is 0 Å². The van der Waals surface area contributed by atoms with Gasteiger partial charge in [0.15, 0.2) is 0 Å². The Kier molecular flexibility index (Phi) is 4.93. The molecule has 12 radical (unpaired) electrons. The van der Waals surface area contributed by atoms with Crippen molar-refractivity contribution in [3.8, 4) is 0 Å². The molecule has 0 spiro atoms. The summed E-state index contributed by atoms with van der Waals surface area (Å²) >= 11 is 0. The molecule has 0 saturated carbocycles. The molecule has 2 nitrogen and oxygen atoms in total. The molecule has 0 saturated heterocycles. The Hall–Kier alpha value is -0.0800. The van der Waals surface area contributed by atoms with Crippen molar-refractivity contribution in [2.24, 2.45) is 0 Å². The SMILES string of the molecule is [CH]C([CH])([CH])OCCCOC([CH])([CH])[CH]. The molecule has 0 aliphatic carbocycles. The average Bonchev–Trinajstić information content (AvgIpc) is 1.81. The molecule has 2 heteroatoms. The molecule has 0 rings (SSSR count). The average molecular weight is 176 g/mol. The standard InChI is InChI=1S/C11H12O2/c1-10(2,3)12-8-7-9-13-11(4,5)6/h1-6H,7-9H2. The van der Waals surface area contributed by atoms with E-state index in [0.29, 0.717) is 6.42 Å². The highest BCUT2D eigenvalue weighted by Crippen LogP contribution is 2.07. The van der Waals surface area contributed by atoms with Gasteiger partial charge >= 0.3 is 0 Å². The van der Waals surface area contributed by atoms with Crippen LogP contribution in [-0.4, -0.2) is 24.4 Å². The van der Waals surface area contributed by atoms with Gasteiger partial charge in [-0.25, -0.2) is 0 Å². The van der Waals surface area contributed by atoms with E-state index in [1.165, 1.54) is 0 Å². The van der Waals surface area contributed by atoms with Crippen LogP contribution in [0.4, 0.5) is 0 Å². The summed E-state index contributed by atoms with van der Waals surface area (Å²) in [4.78, 5) is 0. The van der Waals surface area contributed by atoms with Gasteiger partial charge in [-0.3, -0.25) is 0 Å². The first kappa shape index (κ1) is 12.9. The summed E-state index contributed by atoms with van der Waals surface area (Å²) in [7, 11) is 0. The molecule has 13 heavy (non-hydrogen) atoms. The molecular formula is C11H12O2. The highest BCUT2D eigenvalue weighted by atomic mass is 16.5. The number of hydrogen-bond acceptors (Lipinski definition) is 2. The Labute approximate surface area is 82.6 Å². The van der Waals surface area contributed by atoms with Crippen molar-refractivity contribution in [3.05, 3.63) is 41.5 Å². The molecule has 0 amide bonds. The van der Waals surface area contributed by atoms with Crippen LogP contribution < -0.4 is 0 Å². The lowest BCUT2D eigenvalue weighted by Crippen LogP contribution is -2.24. The van der Waals surface area contributed by atoms with Gasteiger partial charge in [-0.2, -0.15) is 0 Å². The topological polar surface area (TPSA) is 18.5 Å². The number of rotatable bonds is 6. The molecule has 0 aromatic rings. The predicted molar refractivity (Wildman–Crippen MR) is 47.8 cm³/mol. The largest absolute Gasteiger partial charge is 0.374 e. The maximum absolute atomic E-state index is 5.12. The summed E-state index contributed by atoms with van der Waals surface area (Å²) in [5.41, 5.74) is -3.24. The summed E-state index contributed by atoms with van der Waals surface area (Å²) in [6.45, 7) is 31.2. The lowest BCUT2D eigenvalue weighted by molar-refractivity contribution is 0.0124. The number of ether oxygens (including phenoxy) is 2. The zero-order valence-corrected chi connectivity index (χ0v) is 7.40. The van der Waals surface area contributed by atoms with E-state index in [1.807, 2.05) is 0 Å². The monoisotopic (exact) mass is 176 g/mol. The van der Waals surface area contributed by atoms with Gasteiger partial charge in [0.05, 0.1) is 11.2 Å². The Balaban J connectivity index is 3.28. The number of hydrogen-bond donors (Lipinski definition) is 0. The first-order valence-electron chi connectivity index (χ1n) is 3.72. The van der Waals surface area contributed by atoms with Crippen molar-refractivity contribution in [3.63, 3.8) is 0 Å². The third-order valence-electron chi connectivity index (χ3n) is 0.993. The van der Waals surface area contributed by atoms with Gasteiger partial charge in [0, 0.05) is 54.8 Å². The minimum atomic E-state index is -1.62. The van der Waals surface area contributed by atoms with Crippen molar-refractivity contribution in [1.82, 2.24) is 0 Å². The van der Waals surface area contributed by atoms with Gasteiger partial charge in [0.25, 0.3) is 0 Å². The second kappa shape index (κ2) is 4.97. The van der Waals surface area contributed by atoms with Gasteiger partial charge in [0.2, 0.25) is 0 Å². The second-order valence-electron chi connectivity index (χ2n) is 2.76. The normalized spacial score (nSPS) is 13.4. The minimum absolute atomic E-state index is 0.236. The highest BCUT2D eigenvalue weighted by Gasteiger charge is 2.13. The van der Waals surface area contributed by atoms with Crippen LogP contribution in [0.2, 0.25) is 0 Å². The van der Waals surface area contributed by atoms with Crippen LogP contribution >= 0.6 is 0 Å². The summed E-state index contributed by atoms with van der Waals surface area (Å²) in [6, 6.07) is 0. The maximum atomic E-state index is 5.12. The molecule has 0 heterocycles. The van der Waals surface area contributed by atoms with Crippen molar-refractivity contribution in [1.29, 1.82) is 0 Å². The van der Waals surface area contributed by atoms with Gasteiger partial charge in [-0.05, 0) is 6.42 Å². The van der Waals surface area contributed by atoms with E-state index in [4.69, 9.17) is 51.0 Å². The molecule has 0 fully saturated rings. The van der Waals surface area contributed by atoms with Crippen LogP contribution in [0.25, 0.3) is 0 Å². The summed E-state index contributed by atoms with van der Waals surface area (Å²) in [5.74, 6) is 0. The van der Waals surface area contributed by atoms with Gasteiger partial charge in [-0.1, -0.05) is 0 Å². The van der Waals surface area contributed by atoms with Crippen LogP contribution in [0.1, 0.15) is 6.42 Å². The molecule has 0 aromatic heterocycles. The van der Waals surface area contributed by atoms with Crippen LogP contribution in [0, 0.1) is 41.5 Å². The van der Waals surface area contributed by atoms with E-state index < -0.39 is 11.2 Å². The third kappa shape index (κ3) is 11.9. The van der Waals surface area contributed by atoms with Crippen LogP contribution in [0.3, 0.4) is 0 Å². The first-order chi connectivity index (χ1) is 5.71. The molecule has 68 valence electrons. The summed E-state index contributed by atoms with van der Waals surface area (Å²) < 4.78 is 9.55. The van der Waals surface area contributed by atoms with Crippen molar-refractivity contribution >= 4 is 0 Å². The van der Waals surface area contributed by atoms with E-state index in [-0.39, 0.29) is 13.2 Å². The second-order valence-corrected chi connectivity index (χ2v) is 2.76. The van der Waals surface area contributed by atoms with Crippen LogP contribution in [-0.2, 0) is 9.47 Å². The molecule has 0 atom stereocenters. The van der Waals surface area contributed by atoms with Crippen LogP contribution in [0.5, 0.6) is 0 Å². The minimum Gasteiger partial charge on any atom is -0.374 e. The molecule has 0 aliphatic rings. The Morgan fingerprint density at radius 1 is 0.692 bits per heavy atom. The zero-order valence-electron chi connectivity index (χ0n) is 7.40. The lowest BCUT2D eigenvalue weighted by Gasteiger charge is -2.20. The molecular weight excluding hydrogens is 164 g/mol. The molecule has 0 unspecified atom stereocenters. The van der Waals surface area contributed by atoms with Gasteiger partial charge in [-0.15, -0.1) is 0 Å². The first-order valence-corrected chi connectivity index (χ1v) is 3.72. The van der Waals surface area contributed by atoms with Gasteiger partial charge in [0.1, 0.15) is 0 Å². The van der Waals surface area contributed by atoms with Crippen molar-refractivity contribution in [2.75, 3.05) is 13.2 Å². The molecule has 0 aromatic carbocycles. The summed E-state index contributed by atoms with van der Waals surface area (Å²) in [6.07, 6.45) is 0.487. The fourth-order valence-corrected chi connectivity index (χ4v) is 0.557. The van der Waals surface area contributed by atoms with Crippen molar-refractivity contribution < 1.29 is 9.47 Å². The maximum Gasteiger partial charge on any atom is 0.0789 e. The Bertz CT molecular complexity index is 112. The predicted octanol–water partition coefficient (Wildman–Crippen LogP) is 1.15. The van der Waals surface area contributed by atoms with E-state index in [2.05, 4.69) is 0 Å². The van der Waals surface area contributed by atoms with Crippen molar-refractivity contribution in [2.45, 2.75) is 17.6 Å².